The largest absolute Gasteiger partial charge is 0.493 e. The number of hydrogen-bond acceptors (Lipinski definition) is 2. The lowest BCUT2D eigenvalue weighted by Crippen LogP contribution is -2.15. The Balaban J connectivity index is 2.33. The average molecular weight is 259 g/mol. The molecule has 2 aromatic carbocycles. The van der Waals surface area contributed by atoms with Crippen LogP contribution in [0.3, 0.4) is 0 Å². The first-order chi connectivity index (χ1) is 9.24. The van der Waals surface area contributed by atoms with E-state index in [1.807, 2.05) is 31.2 Å². The molecule has 0 aliphatic heterocycles. The maximum absolute atomic E-state index is 13.8. The Labute approximate surface area is 113 Å². The summed E-state index contributed by atoms with van der Waals surface area (Å²) in [5.41, 5.74) is 7.46. The Morgan fingerprint density at radius 1 is 1.05 bits per heavy atom. The summed E-state index contributed by atoms with van der Waals surface area (Å²) in [7, 11) is 0. The summed E-state index contributed by atoms with van der Waals surface area (Å²) in [6, 6.07) is 13.6. The van der Waals surface area contributed by atoms with Crippen LogP contribution in [0.15, 0.2) is 48.5 Å². The van der Waals surface area contributed by atoms with E-state index in [-0.39, 0.29) is 5.82 Å². The van der Waals surface area contributed by atoms with Gasteiger partial charge in [0.2, 0.25) is 0 Å². The number of nitrogens with two attached hydrogens (primary N) is 1. The topological polar surface area (TPSA) is 35.2 Å². The van der Waals surface area contributed by atoms with E-state index in [1.165, 1.54) is 6.07 Å². The molecule has 2 N–H and O–H groups in total. The zero-order valence-corrected chi connectivity index (χ0v) is 11.0. The third-order valence-electron chi connectivity index (χ3n) is 2.96. The van der Waals surface area contributed by atoms with Crippen molar-refractivity contribution < 1.29 is 9.13 Å². The molecule has 0 bridgehead atoms. The van der Waals surface area contributed by atoms with E-state index >= 15 is 0 Å². The number of para-hydroxylation sites is 1. The van der Waals surface area contributed by atoms with Crippen LogP contribution in [0.4, 0.5) is 4.39 Å². The second-order valence-electron chi connectivity index (χ2n) is 4.39. The van der Waals surface area contributed by atoms with Crippen LogP contribution in [0.2, 0.25) is 0 Å². The molecule has 0 heterocycles. The molecule has 0 aliphatic rings. The number of halogens is 1. The smallest absolute Gasteiger partial charge is 0.128 e. The van der Waals surface area contributed by atoms with Crippen LogP contribution in [0.5, 0.6) is 5.75 Å². The van der Waals surface area contributed by atoms with Crippen molar-refractivity contribution in [2.45, 2.75) is 19.4 Å². The van der Waals surface area contributed by atoms with Crippen LogP contribution in [0, 0.1) is 5.82 Å². The molecule has 2 nitrogen and oxygen atoms in total. The predicted octanol–water partition coefficient (Wildman–Crippen LogP) is 3.66. The van der Waals surface area contributed by atoms with Gasteiger partial charge in [-0.05, 0) is 18.6 Å². The molecule has 3 heteroatoms. The molecule has 0 aliphatic carbocycles. The highest BCUT2D eigenvalue weighted by atomic mass is 19.1. The highest BCUT2D eigenvalue weighted by Crippen LogP contribution is 2.29. The molecule has 0 saturated carbocycles. The molecular weight excluding hydrogens is 241 g/mol. The molecule has 0 aromatic heterocycles. The van der Waals surface area contributed by atoms with Gasteiger partial charge in [0.15, 0.2) is 0 Å². The SMILES string of the molecule is CCCOc1ccccc1C(N)c1ccccc1F. The summed E-state index contributed by atoms with van der Waals surface area (Å²) in [5, 5.41) is 0. The summed E-state index contributed by atoms with van der Waals surface area (Å²) in [5.74, 6) is 0.431. The first kappa shape index (κ1) is 13.6. The van der Waals surface area contributed by atoms with E-state index in [4.69, 9.17) is 10.5 Å². The van der Waals surface area contributed by atoms with Crippen molar-refractivity contribution in [2.75, 3.05) is 6.61 Å². The zero-order valence-electron chi connectivity index (χ0n) is 11.0. The molecule has 100 valence electrons. The summed E-state index contributed by atoms with van der Waals surface area (Å²) in [6.45, 7) is 2.67. The number of ether oxygens (including phenoxy) is 1. The fraction of sp³-hybridized carbons (Fsp3) is 0.250. The van der Waals surface area contributed by atoms with Gasteiger partial charge < -0.3 is 10.5 Å². The van der Waals surface area contributed by atoms with Gasteiger partial charge in [-0.25, -0.2) is 4.39 Å². The Kier molecular flexibility index (Phi) is 4.53. The molecule has 0 amide bonds. The Morgan fingerprint density at radius 2 is 1.68 bits per heavy atom. The molecule has 0 spiro atoms. The van der Waals surface area contributed by atoms with Gasteiger partial charge in [0.25, 0.3) is 0 Å². The lowest BCUT2D eigenvalue weighted by Gasteiger charge is -2.17. The quantitative estimate of drug-likeness (QED) is 0.889. The fourth-order valence-corrected chi connectivity index (χ4v) is 1.98. The molecule has 0 saturated heterocycles. The number of rotatable bonds is 5. The van der Waals surface area contributed by atoms with Crippen molar-refractivity contribution >= 4 is 0 Å². The van der Waals surface area contributed by atoms with E-state index in [1.54, 1.807) is 18.2 Å². The molecule has 19 heavy (non-hydrogen) atoms. The predicted molar refractivity (Wildman–Crippen MR) is 74.7 cm³/mol. The first-order valence-electron chi connectivity index (χ1n) is 6.45. The molecule has 0 fully saturated rings. The van der Waals surface area contributed by atoms with Gasteiger partial charge in [-0.15, -0.1) is 0 Å². The summed E-state index contributed by atoms with van der Waals surface area (Å²) in [6.07, 6.45) is 0.920. The maximum Gasteiger partial charge on any atom is 0.128 e. The minimum absolute atomic E-state index is 0.291. The van der Waals surface area contributed by atoms with Crippen LogP contribution in [-0.4, -0.2) is 6.61 Å². The third-order valence-corrected chi connectivity index (χ3v) is 2.96. The maximum atomic E-state index is 13.8. The standard InChI is InChI=1S/C16H18FNO/c1-2-11-19-15-10-6-4-8-13(15)16(18)12-7-3-5-9-14(12)17/h3-10,16H,2,11,18H2,1H3. The summed E-state index contributed by atoms with van der Waals surface area (Å²) in [4.78, 5) is 0. The highest BCUT2D eigenvalue weighted by Gasteiger charge is 2.16. The molecular formula is C16H18FNO. The van der Waals surface area contributed by atoms with E-state index < -0.39 is 6.04 Å². The Hall–Kier alpha value is -1.87. The van der Waals surface area contributed by atoms with Gasteiger partial charge in [-0.2, -0.15) is 0 Å². The van der Waals surface area contributed by atoms with Gasteiger partial charge in [0.05, 0.1) is 12.6 Å². The van der Waals surface area contributed by atoms with Gasteiger partial charge in [0.1, 0.15) is 11.6 Å². The second-order valence-corrected chi connectivity index (χ2v) is 4.39. The van der Waals surface area contributed by atoms with Crippen molar-refractivity contribution in [3.8, 4) is 5.75 Å². The minimum Gasteiger partial charge on any atom is -0.493 e. The molecule has 0 radical (unpaired) electrons. The van der Waals surface area contributed by atoms with Crippen molar-refractivity contribution in [1.82, 2.24) is 0 Å². The van der Waals surface area contributed by atoms with E-state index in [0.29, 0.717) is 12.2 Å². The lowest BCUT2D eigenvalue weighted by molar-refractivity contribution is 0.313. The molecule has 2 aromatic rings. The zero-order chi connectivity index (χ0) is 13.7. The van der Waals surface area contributed by atoms with Crippen LogP contribution < -0.4 is 10.5 Å². The van der Waals surface area contributed by atoms with Gasteiger partial charge in [-0.1, -0.05) is 43.3 Å². The number of benzene rings is 2. The lowest BCUT2D eigenvalue weighted by atomic mass is 9.98. The van der Waals surface area contributed by atoms with Crippen molar-refractivity contribution in [3.05, 3.63) is 65.5 Å². The van der Waals surface area contributed by atoms with Crippen LogP contribution >= 0.6 is 0 Å². The fourth-order valence-electron chi connectivity index (χ4n) is 1.98. The third kappa shape index (κ3) is 3.12. The Bertz CT molecular complexity index is 542. The van der Waals surface area contributed by atoms with Crippen LogP contribution in [-0.2, 0) is 0 Å². The van der Waals surface area contributed by atoms with Crippen molar-refractivity contribution in [1.29, 1.82) is 0 Å². The summed E-state index contributed by atoms with van der Waals surface area (Å²) >= 11 is 0. The highest BCUT2D eigenvalue weighted by molar-refractivity contribution is 5.41. The normalized spacial score (nSPS) is 12.2. The van der Waals surface area contributed by atoms with Gasteiger partial charge >= 0.3 is 0 Å². The summed E-state index contributed by atoms with van der Waals surface area (Å²) < 4.78 is 19.5. The van der Waals surface area contributed by atoms with E-state index in [0.717, 1.165) is 17.7 Å². The molecule has 1 atom stereocenters. The van der Waals surface area contributed by atoms with Crippen LogP contribution in [0.1, 0.15) is 30.5 Å². The van der Waals surface area contributed by atoms with Crippen molar-refractivity contribution in [3.63, 3.8) is 0 Å². The molecule has 1 unspecified atom stereocenters. The van der Waals surface area contributed by atoms with Gasteiger partial charge in [-0.3, -0.25) is 0 Å². The Morgan fingerprint density at radius 3 is 2.37 bits per heavy atom. The molecule has 2 rings (SSSR count). The first-order valence-corrected chi connectivity index (χ1v) is 6.45. The van der Waals surface area contributed by atoms with Crippen LogP contribution in [0.25, 0.3) is 0 Å². The average Bonchev–Trinajstić information content (AvgIpc) is 2.45. The minimum atomic E-state index is -0.519. The number of hydrogen-bond donors (Lipinski definition) is 1. The van der Waals surface area contributed by atoms with E-state index in [9.17, 15) is 4.39 Å². The monoisotopic (exact) mass is 259 g/mol. The second kappa shape index (κ2) is 6.34. The van der Waals surface area contributed by atoms with Gasteiger partial charge in [0, 0.05) is 11.1 Å². The van der Waals surface area contributed by atoms with Crippen molar-refractivity contribution in [2.24, 2.45) is 5.73 Å². The van der Waals surface area contributed by atoms with E-state index in [2.05, 4.69) is 0 Å².